The normalized spacial score (nSPS) is 12.4. The molecule has 0 unspecified atom stereocenters. The summed E-state index contributed by atoms with van der Waals surface area (Å²) in [7, 11) is -4.00. The molecule has 0 amide bonds. The minimum Gasteiger partial charge on any atom is -0.397 e. The Bertz CT molecular complexity index is 126. The van der Waals surface area contributed by atoms with E-state index in [1.165, 1.54) is 0 Å². The zero-order valence-electron chi connectivity index (χ0n) is 9.83. The molecule has 0 aromatic carbocycles. The molecule has 0 rings (SSSR count). The van der Waals surface area contributed by atoms with Gasteiger partial charge in [-0.1, -0.05) is 0 Å². The number of hydrogen-bond acceptors (Lipinski definition) is 4. The first-order valence-corrected chi connectivity index (χ1v) is 9.61. The van der Waals surface area contributed by atoms with Crippen molar-refractivity contribution in [3.8, 4) is 0 Å². The Kier molecular flexibility index (Phi) is 7.70. The van der Waals surface area contributed by atoms with Gasteiger partial charge >= 0.3 is 9.05 Å². The first-order chi connectivity index (χ1) is 6.60. The Balaban J connectivity index is 4.37. The first kappa shape index (κ1) is 14.3. The predicted molar refractivity (Wildman–Crippen MR) is 60.6 cm³/mol. The van der Waals surface area contributed by atoms with Crippen LogP contribution in [0, 0.1) is 0 Å². The van der Waals surface area contributed by atoms with Crippen LogP contribution in [0.15, 0.2) is 0 Å². The molecule has 0 aliphatic heterocycles. The van der Waals surface area contributed by atoms with Crippen molar-refractivity contribution in [2.24, 2.45) is 0 Å². The van der Waals surface area contributed by atoms with Crippen LogP contribution >= 0.6 is 0 Å². The van der Waals surface area contributed by atoms with Crippen LogP contribution in [0.3, 0.4) is 0 Å². The van der Waals surface area contributed by atoms with Crippen molar-refractivity contribution in [3.05, 3.63) is 0 Å². The molecule has 0 bridgehead atoms. The predicted octanol–water partition coefficient (Wildman–Crippen LogP) is 1.53. The van der Waals surface area contributed by atoms with E-state index < -0.39 is 18.1 Å². The quantitative estimate of drug-likeness (QED) is 0.601. The second kappa shape index (κ2) is 7.55. The highest BCUT2D eigenvalue weighted by Crippen LogP contribution is 2.13. The van der Waals surface area contributed by atoms with Gasteiger partial charge in [-0.25, -0.2) is 0 Å². The van der Waals surface area contributed by atoms with Gasteiger partial charge in [0.05, 0.1) is 0 Å². The van der Waals surface area contributed by atoms with Crippen molar-refractivity contribution in [1.82, 2.24) is 0 Å². The summed E-state index contributed by atoms with van der Waals surface area (Å²) in [5, 5.41) is 0. The molecule has 0 saturated heterocycles. The van der Waals surface area contributed by atoms with Crippen LogP contribution < -0.4 is 0 Å². The molecule has 0 saturated carbocycles. The standard InChI is InChI=1S/C8H22O4Si2/c1-6-9-14(10-7-2,11-8-3)12-13(4)5/h13H,6-8H2,1-5H3. The lowest BCUT2D eigenvalue weighted by atomic mass is 10.9. The fourth-order valence-electron chi connectivity index (χ4n) is 1.05. The molecule has 0 aromatic heterocycles. The van der Waals surface area contributed by atoms with Crippen LogP contribution in [0.5, 0.6) is 0 Å². The molecule has 0 aromatic rings. The minimum atomic E-state index is -2.80. The third kappa shape index (κ3) is 5.23. The molecule has 6 heteroatoms. The largest absolute Gasteiger partial charge is 0.668 e. The summed E-state index contributed by atoms with van der Waals surface area (Å²) in [5.41, 5.74) is 0. The number of hydrogen-bond donors (Lipinski definition) is 0. The topological polar surface area (TPSA) is 36.9 Å². The molecule has 0 fully saturated rings. The molecule has 0 atom stereocenters. The second-order valence-electron chi connectivity index (χ2n) is 2.97. The lowest BCUT2D eigenvalue weighted by Gasteiger charge is -2.28. The summed E-state index contributed by atoms with van der Waals surface area (Å²) < 4.78 is 22.4. The molecule has 0 aliphatic carbocycles. The van der Waals surface area contributed by atoms with Crippen LogP contribution in [0.25, 0.3) is 0 Å². The monoisotopic (exact) mass is 238 g/mol. The summed E-state index contributed by atoms with van der Waals surface area (Å²) >= 11 is 0. The summed E-state index contributed by atoms with van der Waals surface area (Å²) in [4.78, 5) is 0. The van der Waals surface area contributed by atoms with E-state index in [0.29, 0.717) is 19.8 Å². The molecule has 0 N–H and O–H groups in total. The smallest absolute Gasteiger partial charge is 0.397 e. The second-order valence-corrected chi connectivity index (χ2v) is 7.87. The van der Waals surface area contributed by atoms with Gasteiger partial charge in [-0.05, 0) is 33.9 Å². The maximum Gasteiger partial charge on any atom is 0.668 e. The zero-order valence-corrected chi connectivity index (χ0v) is 12.0. The van der Waals surface area contributed by atoms with E-state index >= 15 is 0 Å². The molecule has 0 spiro atoms. The van der Waals surface area contributed by atoms with Crippen molar-refractivity contribution in [2.75, 3.05) is 19.8 Å². The van der Waals surface area contributed by atoms with E-state index in [2.05, 4.69) is 13.1 Å². The van der Waals surface area contributed by atoms with Crippen molar-refractivity contribution in [2.45, 2.75) is 33.9 Å². The zero-order chi connectivity index (χ0) is 11.0. The molecule has 14 heavy (non-hydrogen) atoms. The van der Waals surface area contributed by atoms with Crippen LogP contribution in [-0.4, -0.2) is 37.9 Å². The van der Waals surface area contributed by atoms with E-state index in [1.807, 2.05) is 20.8 Å². The first-order valence-electron chi connectivity index (χ1n) is 5.19. The van der Waals surface area contributed by atoms with Crippen LogP contribution in [-0.2, 0) is 17.4 Å². The Hall–Kier alpha value is 0.274. The Morgan fingerprint density at radius 2 is 1.21 bits per heavy atom. The Morgan fingerprint density at radius 1 is 0.857 bits per heavy atom. The van der Waals surface area contributed by atoms with Gasteiger partial charge in [0, 0.05) is 19.8 Å². The fourth-order valence-corrected chi connectivity index (χ4v) is 5.48. The molecule has 0 aliphatic rings. The summed E-state index contributed by atoms with van der Waals surface area (Å²) in [6, 6.07) is 0. The fraction of sp³-hybridized carbons (Fsp3) is 1.00. The summed E-state index contributed by atoms with van der Waals surface area (Å²) in [6.45, 7) is 11.6. The van der Waals surface area contributed by atoms with E-state index in [-0.39, 0.29) is 0 Å². The molecule has 4 nitrogen and oxygen atoms in total. The van der Waals surface area contributed by atoms with Crippen molar-refractivity contribution in [3.63, 3.8) is 0 Å². The Labute approximate surface area is 89.7 Å². The van der Waals surface area contributed by atoms with Crippen LogP contribution in [0.4, 0.5) is 0 Å². The van der Waals surface area contributed by atoms with Crippen LogP contribution in [0.1, 0.15) is 20.8 Å². The Morgan fingerprint density at radius 3 is 1.43 bits per heavy atom. The van der Waals surface area contributed by atoms with Crippen molar-refractivity contribution in [1.29, 1.82) is 0 Å². The number of rotatable bonds is 8. The van der Waals surface area contributed by atoms with E-state index in [1.54, 1.807) is 0 Å². The summed E-state index contributed by atoms with van der Waals surface area (Å²) in [5.74, 6) is 0. The van der Waals surface area contributed by atoms with Crippen molar-refractivity contribution < 1.29 is 17.4 Å². The summed E-state index contributed by atoms with van der Waals surface area (Å²) in [6.07, 6.45) is 0. The molecule has 0 radical (unpaired) electrons. The highest BCUT2D eigenvalue weighted by molar-refractivity contribution is 6.65. The third-order valence-electron chi connectivity index (χ3n) is 1.34. The van der Waals surface area contributed by atoms with E-state index in [4.69, 9.17) is 17.4 Å². The average Bonchev–Trinajstić information content (AvgIpc) is 2.03. The molecule has 0 heterocycles. The highest BCUT2D eigenvalue weighted by Gasteiger charge is 2.45. The molecular formula is C8H22O4Si2. The van der Waals surface area contributed by atoms with Crippen LogP contribution in [0.2, 0.25) is 13.1 Å². The van der Waals surface area contributed by atoms with Crippen molar-refractivity contribution >= 4 is 18.1 Å². The average molecular weight is 238 g/mol. The highest BCUT2D eigenvalue weighted by atomic mass is 28.4. The van der Waals surface area contributed by atoms with Gasteiger partial charge in [0.25, 0.3) is 0 Å². The molecular weight excluding hydrogens is 216 g/mol. The molecule has 86 valence electrons. The SMILES string of the molecule is CCO[Si](OCC)(OCC)O[SiH](C)C. The maximum atomic E-state index is 5.77. The van der Waals surface area contributed by atoms with E-state index in [0.717, 1.165) is 0 Å². The third-order valence-corrected chi connectivity index (χ3v) is 6.31. The van der Waals surface area contributed by atoms with E-state index in [9.17, 15) is 0 Å². The lowest BCUT2D eigenvalue weighted by Crippen LogP contribution is -2.51. The van der Waals surface area contributed by atoms with Gasteiger partial charge in [0.1, 0.15) is 0 Å². The van der Waals surface area contributed by atoms with Gasteiger partial charge in [-0.3, -0.25) is 0 Å². The van der Waals surface area contributed by atoms with Gasteiger partial charge in [0.15, 0.2) is 9.04 Å². The van der Waals surface area contributed by atoms with Gasteiger partial charge in [-0.15, -0.1) is 0 Å². The minimum absolute atomic E-state index is 0.563. The van der Waals surface area contributed by atoms with Gasteiger partial charge < -0.3 is 17.4 Å². The lowest BCUT2D eigenvalue weighted by molar-refractivity contribution is 0.00927. The van der Waals surface area contributed by atoms with Gasteiger partial charge in [0.2, 0.25) is 0 Å². The maximum absolute atomic E-state index is 5.77. The van der Waals surface area contributed by atoms with Gasteiger partial charge in [-0.2, -0.15) is 0 Å².